The molecule has 1 aliphatic rings. The normalized spacial score (nSPS) is 18.6. The van der Waals surface area contributed by atoms with Gasteiger partial charge >= 0.3 is 12.3 Å². The second kappa shape index (κ2) is 6.75. The summed E-state index contributed by atoms with van der Waals surface area (Å²) in [6, 6.07) is 3.52. The van der Waals surface area contributed by atoms with Crippen molar-refractivity contribution in [2.45, 2.75) is 12.5 Å². The highest BCUT2D eigenvalue weighted by molar-refractivity contribution is 9.10. The third kappa shape index (κ3) is 4.58. The van der Waals surface area contributed by atoms with Crippen molar-refractivity contribution < 1.29 is 37.3 Å². The smallest absolute Gasteiger partial charge is 0.479 e. The van der Waals surface area contributed by atoms with Crippen LogP contribution in [0.3, 0.4) is 0 Å². The quantitative estimate of drug-likeness (QED) is 0.846. The fraction of sp³-hybridized carbons (Fsp3) is 0.385. The topological polar surface area (TPSA) is 76.1 Å². The number of rotatable bonds is 3. The zero-order chi connectivity index (χ0) is 17.2. The third-order valence-corrected chi connectivity index (χ3v) is 3.69. The van der Waals surface area contributed by atoms with E-state index in [0.29, 0.717) is 0 Å². The summed E-state index contributed by atoms with van der Waals surface area (Å²) >= 11 is 2.91. The van der Waals surface area contributed by atoms with Crippen molar-refractivity contribution in [2.75, 3.05) is 19.7 Å². The van der Waals surface area contributed by atoms with Crippen molar-refractivity contribution in [3.63, 3.8) is 0 Å². The number of alkyl halides is 3. The molecule has 1 aromatic rings. The molecule has 23 heavy (non-hydrogen) atoms. The monoisotopic (exact) mass is 397 g/mol. The van der Waals surface area contributed by atoms with Crippen LogP contribution in [0.4, 0.5) is 13.2 Å². The maximum absolute atomic E-state index is 12.3. The fourth-order valence-corrected chi connectivity index (χ4v) is 2.33. The van der Waals surface area contributed by atoms with E-state index in [1.165, 1.54) is 17.0 Å². The second-order valence-electron chi connectivity index (χ2n) is 4.64. The number of carbonyl (C=O) groups is 2. The van der Waals surface area contributed by atoms with Gasteiger partial charge in [-0.25, -0.2) is 4.79 Å². The molecule has 126 valence electrons. The van der Waals surface area contributed by atoms with Gasteiger partial charge < -0.3 is 19.5 Å². The van der Waals surface area contributed by atoms with Crippen molar-refractivity contribution in [3.8, 4) is 5.75 Å². The maximum Gasteiger partial charge on any atom is 0.573 e. The molecule has 1 aromatic carbocycles. The number of carboxylic acids is 1. The molecule has 1 N–H and O–H groups in total. The van der Waals surface area contributed by atoms with Crippen LogP contribution in [0.2, 0.25) is 0 Å². The Morgan fingerprint density at radius 3 is 2.70 bits per heavy atom. The van der Waals surface area contributed by atoms with Crippen LogP contribution in [-0.2, 0) is 9.53 Å². The molecule has 0 aromatic heterocycles. The molecule has 1 heterocycles. The maximum atomic E-state index is 12.3. The largest absolute Gasteiger partial charge is 0.573 e. The van der Waals surface area contributed by atoms with Crippen LogP contribution in [-0.4, -0.2) is 54.0 Å². The first kappa shape index (κ1) is 17.5. The van der Waals surface area contributed by atoms with E-state index in [4.69, 9.17) is 9.84 Å². The second-order valence-corrected chi connectivity index (χ2v) is 5.50. The van der Waals surface area contributed by atoms with E-state index in [0.717, 1.165) is 6.07 Å². The molecule has 0 spiro atoms. The van der Waals surface area contributed by atoms with Gasteiger partial charge in [0.05, 0.1) is 17.6 Å². The third-order valence-electron chi connectivity index (χ3n) is 3.03. The minimum Gasteiger partial charge on any atom is -0.479 e. The minimum atomic E-state index is -4.89. The highest BCUT2D eigenvalue weighted by atomic mass is 79.9. The van der Waals surface area contributed by atoms with Crippen molar-refractivity contribution in [3.05, 3.63) is 28.2 Å². The van der Waals surface area contributed by atoms with E-state index in [9.17, 15) is 22.8 Å². The average molecular weight is 398 g/mol. The van der Waals surface area contributed by atoms with E-state index < -0.39 is 30.1 Å². The summed E-state index contributed by atoms with van der Waals surface area (Å²) in [5.41, 5.74) is -0.0431. The Morgan fingerprint density at radius 1 is 1.39 bits per heavy atom. The van der Waals surface area contributed by atoms with Crippen LogP contribution in [0.15, 0.2) is 22.7 Å². The van der Waals surface area contributed by atoms with E-state index in [2.05, 4.69) is 20.7 Å². The zero-order valence-corrected chi connectivity index (χ0v) is 13.1. The van der Waals surface area contributed by atoms with Crippen molar-refractivity contribution in [1.82, 2.24) is 4.90 Å². The first-order valence-corrected chi connectivity index (χ1v) is 7.15. The molecule has 2 rings (SSSR count). The number of aliphatic carboxylic acids is 1. The number of ether oxygens (including phenoxy) is 2. The number of halogens is 4. The molecule has 6 nitrogen and oxygen atoms in total. The Morgan fingerprint density at radius 2 is 2.09 bits per heavy atom. The van der Waals surface area contributed by atoms with Crippen LogP contribution >= 0.6 is 15.9 Å². The summed E-state index contributed by atoms with van der Waals surface area (Å²) in [5.74, 6) is -2.36. The van der Waals surface area contributed by atoms with Crippen molar-refractivity contribution in [1.29, 1.82) is 0 Å². The number of nitrogens with zero attached hydrogens (tertiary/aromatic N) is 1. The number of hydrogen-bond acceptors (Lipinski definition) is 4. The minimum absolute atomic E-state index is 0.0329. The Hall–Kier alpha value is -1.81. The summed E-state index contributed by atoms with van der Waals surface area (Å²) in [6.07, 6.45) is -6.05. The summed E-state index contributed by atoms with van der Waals surface area (Å²) in [7, 11) is 0. The predicted octanol–water partition coefficient (Wildman–Crippen LogP) is 2.27. The molecule has 0 saturated carbocycles. The highest BCUT2D eigenvalue weighted by Gasteiger charge is 2.33. The molecular weight excluding hydrogens is 387 g/mol. The van der Waals surface area contributed by atoms with Gasteiger partial charge in [-0.2, -0.15) is 0 Å². The highest BCUT2D eigenvalue weighted by Crippen LogP contribution is 2.31. The Labute approximate surface area is 136 Å². The number of morpholine rings is 1. The number of carbonyl (C=O) groups excluding carboxylic acids is 1. The van der Waals surface area contributed by atoms with Gasteiger partial charge in [0.15, 0.2) is 6.10 Å². The van der Waals surface area contributed by atoms with Gasteiger partial charge in [-0.1, -0.05) is 0 Å². The summed E-state index contributed by atoms with van der Waals surface area (Å²) in [5, 5.41) is 8.90. The van der Waals surface area contributed by atoms with Crippen LogP contribution in [0.25, 0.3) is 0 Å². The molecule has 0 radical (unpaired) electrons. The molecule has 0 aliphatic carbocycles. The fourth-order valence-electron chi connectivity index (χ4n) is 2.01. The molecule has 1 amide bonds. The SMILES string of the molecule is O=C(O)C1CN(C(=O)c2ccc(Br)c(OC(F)(F)F)c2)CCO1. The standard InChI is InChI=1S/C13H11BrF3NO5/c14-8-2-1-7(5-9(8)23-13(15,16)17)11(19)18-3-4-22-10(6-18)12(20)21/h1-2,5,10H,3-4,6H2,(H,20,21). The van der Waals surface area contributed by atoms with Crippen LogP contribution < -0.4 is 4.74 Å². The predicted molar refractivity (Wildman–Crippen MR) is 74.1 cm³/mol. The molecule has 1 atom stereocenters. The summed E-state index contributed by atoms with van der Waals surface area (Å²) < 4.78 is 45.8. The molecule has 1 aliphatic heterocycles. The van der Waals surface area contributed by atoms with Gasteiger partial charge in [0, 0.05) is 12.1 Å². The molecule has 1 unspecified atom stereocenters. The van der Waals surface area contributed by atoms with Gasteiger partial charge in [-0.05, 0) is 34.1 Å². The zero-order valence-electron chi connectivity index (χ0n) is 11.5. The lowest BCUT2D eigenvalue weighted by molar-refractivity contribution is -0.274. The number of carboxylic acid groups (broad SMARTS) is 1. The van der Waals surface area contributed by atoms with Crippen LogP contribution in [0.5, 0.6) is 5.75 Å². The number of benzene rings is 1. The Bertz CT molecular complexity index is 622. The van der Waals surface area contributed by atoms with Gasteiger partial charge in [-0.3, -0.25) is 4.79 Å². The van der Waals surface area contributed by atoms with Gasteiger partial charge in [-0.15, -0.1) is 13.2 Å². The van der Waals surface area contributed by atoms with E-state index in [1.807, 2.05) is 0 Å². The van der Waals surface area contributed by atoms with Crippen LogP contribution in [0, 0.1) is 0 Å². The molecular formula is C13H11BrF3NO5. The summed E-state index contributed by atoms with van der Waals surface area (Å²) in [6.45, 7) is -0.00102. The first-order valence-electron chi connectivity index (χ1n) is 6.36. The van der Waals surface area contributed by atoms with Gasteiger partial charge in [0.2, 0.25) is 0 Å². The van der Waals surface area contributed by atoms with Crippen molar-refractivity contribution >= 4 is 27.8 Å². The molecule has 0 bridgehead atoms. The van der Waals surface area contributed by atoms with E-state index in [1.54, 1.807) is 0 Å². The first-order chi connectivity index (χ1) is 10.7. The lowest BCUT2D eigenvalue weighted by Gasteiger charge is -2.31. The van der Waals surface area contributed by atoms with Gasteiger partial charge in [0.1, 0.15) is 5.75 Å². The number of hydrogen-bond donors (Lipinski definition) is 1. The Balaban J connectivity index is 2.19. The Kier molecular flexibility index (Phi) is 5.15. The van der Waals surface area contributed by atoms with Crippen LogP contribution in [0.1, 0.15) is 10.4 Å². The van der Waals surface area contributed by atoms with E-state index in [-0.39, 0.29) is 29.7 Å². The average Bonchev–Trinajstić information content (AvgIpc) is 2.47. The lowest BCUT2D eigenvalue weighted by Crippen LogP contribution is -2.48. The molecule has 10 heteroatoms. The lowest BCUT2D eigenvalue weighted by atomic mass is 10.1. The number of amides is 1. The van der Waals surface area contributed by atoms with Crippen molar-refractivity contribution in [2.24, 2.45) is 0 Å². The summed E-state index contributed by atoms with van der Waals surface area (Å²) in [4.78, 5) is 24.4. The molecule has 1 saturated heterocycles. The van der Waals surface area contributed by atoms with E-state index >= 15 is 0 Å². The molecule has 1 fully saturated rings. The van der Waals surface area contributed by atoms with Gasteiger partial charge in [0.25, 0.3) is 5.91 Å².